The van der Waals surface area contributed by atoms with Crippen molar-refractivity contribution in [2.45, 2.75) is 128 Å². The number of carbonyl (C=O) groups excluding carboxylic acids is 2. The van der Waals surface area contributed by atoms with Crippen LogP contribution in [0.5, 0.6) is 0 Å². The van der Waals surface area contributed by atoms with Gasteiger partial charge in [-0.25, -0.2) is 4.57 Å². The minimum absolute atomic E-state index is 0.0465. The van der Waals surface area contributed by atoms with Gasteiger partial charge in [0, 0.05) is 12.8 Å². The Hall–Kier alpha value is -4.72. The molecule has 0 amide bonds. The Bertz CT molecular complexity index is 1670. The van der Waals surface area contributed by atoms with Crippen LogP contribution < -0.4 is 5.73 Å². The summed E-state index contributed by atoms with van der Waals surface area (Å²) in [7, 11) is -4.80. The minimum atomic E-state index is -4.80. The van der Waals surface area contributed by atoms with Crippen molar-refractivity contribution in [3.8, 4) is 0 Å². The molecule has 6 N–H and O–H groups in total. The highest BCUT2D eigenvalue weighted by Gasteiger charge is 2.28. The first kappa shape index (κ1) is 59.3. The molecule has 13 nitrogen and oxygen atoms in total. The van der Waals surface area contributed by atoms with E-state index in [1.54, 1.807) is 42.5 Å². The highest BCUT2D eigenvalue weighted by Crippen LogP contribution is 2.43. The Labute approximate surface area is 381 Å². The van der Waals surface area contributed by atoms with Gasteiger partial charge >= 0.3 is 25.7 Å². The van der Waals surface area contributed by atoms with Crippen molar-refractivity contribution >= 4 is 25.7 Å². The molecular weight excluding hydrogens is 838 g/mol. The predicted octanol–water partition coefficient (Wildman–Crippen LogP) is 9.88. The van der Waals surface area contributed by atoms with E-state index in [1.807, 2.05) is 55.5 Å². The third-order valence-electron chi connectivity index (χ3n) is 8.28. The molecule has 356 valence electrons. The van der Waals surface area contributed by atoms with E-state index in [2.05, 4.69) is 66.1 Å². The number of carbonyl (C=O) groups is 3. The van der Waals surface area contributed by atoms with Gasteiger partial charge in [-0.15, -0.1) is 0 Å². The van der Waals surface area contributed by atoms with Gasteiger partial charge in [0.15, 0.2) is 6.10 Å². The SMILES string of the molecule is CC/C=C\C/C=C\C/C=C\C/C=C\C/C=C\C/C=C\CCC(=O)OC[C@H](COP(=O)(O)OC[C@H](N)C(=O)O)OC(=O)CC/C=C\C/C=C\C[C@@H](O)/C=C/C=C\C=C\[C@@H](O)C/C=C\CC. The summed E-state index contributed by atoms with van der Waals surface area (Å²) in [6.45, 7) is 2.21. The van der Waals surface area contributed by atoms with Crippen LogP contribution in [0.2, 0.25) is 0 Å². The first-order valence-corrected chi connectivity index (χ1v) is 23.6. The molecule has 0 aliphatic rings. The lowest BCUT2D eigenvalue weighted by atomic mass is 10.2. The van der Waals surface area contributed by atoms with Crippen LogP contribution in [0, 0.1) is 0 Å². The molecule has 0 aliphatic carbocycles. The summed E-state index contributed by atoms with van der Waals surface area (Å²) < 4.78 is 32.5. The van der Waals surface area contributed by atoms with Gasteiger partial charge in [0.05, 0.1) is 25.4 Å². The van der Waals surface area contributed by atoms with E-state index in [9.17, 15) is 34.1 Å². The zero-order chi connectivity index (χ0) is 47.4. The van der Waals surface area contributed by atoms with Crippen molar-refractivity contribution in [3.05, 3.63) is 146 Å². The van der Waals surface area contributed by atoms with E-state index in [0.717, 1.165) is 38.5 Å². The van der Waals surface area contributed by atoms with Gasteiger partial charge in [-0.05, 0) is 77.0 Å². The Morgan fingerprint density at radius 3 is 1.41 bits per heavy atom. The second-order valence-corrected chi connectivity index (χ2v) is 15.6. The maximum Gasteiger partial charge on any atom is 0.472 e. The van der Waals surface area contributed by atoms with E-state index in [-0.39, 0.29) is 12.8 Å². The molecule has 0 saturated heterocycles. The highest BCUT2D eigenvalue weighted by atomic mass is 31.2. The number of carboxylic acids is 1. The Morgan fingerprint density at radius 1 is 0.547 bits per heavy atom. The predicted molar refractivity (Wildman–Crippen MR) is 256 cm³/mol. The number of aliphatic carboxylic acids is 1. The molecule has 0 fully saturated rings. The quantitative estimate of drug-likeness (QED) is 0.0169. The molecule has 64 heavy (non-hydrogen) atoms. The summed E-state index contributed by atoms with van der Waals surface area (Å²) in [5, 5.41) is 28.9. The van der Waals surface area contributed by atoms with Crippen LogP contribution in [0.1, 0.15) is 104 Å². The van der Waals surface area contributed by atoms with E-state index in [4.69, 9.17) is 24.8 Å². The number of ether oxygens (including phenoxy) is 2. The number of aliphatic hydroxyl groups is 2. The maximum atomic E-state index is 12.6. The van der Waals surface area contributed by atoms with Gasteiger partial charge in [-0.3, -0.25) is 23.4 Å². The lowest BCUT2D eigenvalue weighted by molar-refractivity contribution is -0.161. The van der Waals surface area contributed by atoms with Crippen LogP contribution in [-0.4, -0.2) is 82.3 Å². The average Bonchev–Trinajstić information content (AvgIpc) is 3.26. The van der Waals surface area contributed by atoms with Crippen molar-refractivity contribution in [1.82, 2.24) is 0 Å². The number of aliphatic hydroxyl groups excluding tert-OH is 2. The molecule has 0 saturated carbocycles. The molecule has 0 bridgehead atoms. The van der Waals surface area contributed by atoms with Crippen LogP contribution in [0.4, 0.5) is 0 Å². The standard InChI is InChI=1S/C50H74NO12P/c1-3-5-7-8-9-10-11-12-13-14-15-16-17-18-19-20-21-25-33-39-48(54)60-41-46(42-61-64(58,59)62-43-47(51)50(56)57)63-49(55)40-34-26-23-22-24-30-36-45(53)38-32-28-27-31-37-44(52)35-29-6-4-2/h5-7,9-10,12-13,15-16,18-19,21,23-32,37-38,44-47,52-53H,3-4,8,11,14,17,20,22,33-36,39-43,51H2,1-2H3,(H,56,57)(H,58,59)/b7-5-,10-9-,13-12-,16-15-,19-18-,25-21-,26-23-,28-27-,29-6-,30-24-,37-31+,38-32+/t44-,45+,46+,47-/m0/s1. The first-order valence-electron chi connectivity index (χ1n) is 22.1. The van der Waals surface area contributed by atoms with Crippen molar-refractivity contribution < 1.29 is 57.7 Å². The summed E-state index contributed by atoms with van der Waals surface area (Å²) in [6.07, 6.45) is 52.9. The Balaban J connectivity index is 4.74. The number of allylic oxidation sites excluding steroid dienone is 20. The molecule has 0 aromatic rings. The summed E-state index contributed by atoms with van der Waals surface area (Å²) in [6, 6.07) is -1.57. The number of hydrogen-bond donors (Lipinski definition) is 5. The summed E-state index contributed by atoms with van der Waals surface area (Å²) >= 11 is 0. The molecule has 1 unspecified atom stereocenters. The van der Waals surface area contributed by atoms with Gasteiger partial charge < -0.3 is 35.4 Å². The van der Waals surface area contributed by atoms with E-state index in [0.29, 0.717) is 38.5 Å². The molecule has 0 aliphatic heterocycles. The van der Waals surface area contributed by atoms with Gasteiger partial charge in [-0.1, -0.05) is 160 Å². The third kappa shape index (κ3) is 41.3. The van der Waals surface area contributed by atoms with Gasteiger partial charge in [0.2, 0.25) is 0 Å². The lowest BCUT2D eigenvalue weighted by Crippen LogP contribution is -2.34. The normalized spacial score (nSPS) is 16.0. The fourth-order valence-electron chi connectivity index (χ4n) is 4.82. The number of phosphoric acid groups is 1. The van der Waals surface area contributed by atoms with Gasteiger partial charge in [0.25, 0.3) is 0 Å². The first-order chi connectivity index (χ1) is 30.9. The maximum absolute atomic E-state index is 12.6. The Kier molecular flexibility index (Phi) is 39.1. The third-order valence-corrected chi connectivity index (χ3v) is 9.23. The zero-order valence-electron chi connectivity index (χ0n) is 37.8. The second kappa shape index (κ2) is 42.2. The molecule has 0 aromatic carbocycles. The number of nitrogens with two attached hydrogens (primary N) is 1. The van der Waals surface area contributed by atoms with E-state index >= 15 is 0 Å². The molecule has 0 heterocycles. The van der Waals surface area contributed by atoms with Crippen molar-refractivity contribution in [2.24, 2.45) is 5.73 Å². The number of esters is 2. The number of carboxylic acid groups (broad SMARTS) is 1. The highest BCUT2D eigenvalue weighted by molar-refractivity contribution is 7.47. The second-order valence-electron chi connectivity index (χ2n) is 14.1. The van der Waals surface area contributed by atoms with Crippen LogP contribution in [0.25, 0.3) is 0 Å². The summed E-state index contributed by atoms with van der Waals surface area (Å²) in [5.74, 6) is -2.70. The molecule has 0 spiro atoms. The molecule has 0 aromatic heterocycles. The average molecular weight is 912 g/mol. The van der Waals surface area contributed by atoms with Crippen LogP contribution in [0.15, 0.2) is 146 Å². The smallest absolute Gasteiger partial charge is 0.472 e. The minimum Gasteiger partial charge on any atom is -0.480 e. The zero-order valence-corrected chi connectivity index (χ0v) is 38.7. The van der Waals surface area contributed by atoms with Crippen LogP contribution >= 0.6 is 7.82 Å². The molecule has 5 atom stereocenters. The largest absolute Gasteiger partial charge is 0.480 e. The topological polar surface area (TPSA) is 212 Å². The molecule has 0 rings (SSSR count). The fraction of sp³-hybridized carbons (Fsp3) is 0.460. The van der Waals surface area contributed by atoms with Crippen molar-refractivity contribution in [3.63, 3.8) is 0 Å². The molecule has 14 heteroatoms. The monoisotopic (exact) mass is 911 g/mol. The lowest BCUT2D eigenvalue weighted by Gasteiger charge is -2.20. The van der Waals surface area contributed by atoms with Gasteiger partial charge in [0.1, 0.15) is 12.6 Å². The number of hydrogen-bond acceptors (Lipinski definition) is 11. The number of rotatable bonds is 38. The van der Waals surface area contributed by atoms with E-state index in [1.165, 1.54) is 0 Å². The van der Waals surface area contributed by atoms with Crippen molar-refractivity contribution in [2.75, 3.05) is 19.8 Å². The molecular formula is C50H74NO12P. The fourth-order valence-corrected chi connectivity index (χ4v) is 5.60. The summed E-state index contributed by atoms with van der Waals surface area (Å²) in [4.78, 5) is 46.0. The molecule has 0 radical (unpaired) electrons. The van der Waals surface area contributed by atoms with Gasteiger partial charge in [-0.2, -0.15) is 0 Å². The van der Waals surface area contributed by atoms with Crippen LogP contribution in [0.3, 0.4) is 0 Å². The van der Waals surface area contributed by atoms with Crippen LogP contribution in [-0.2, 0) is 37.5 Å². The number of phosphoric ester groups is 1. The Morgan fingerprint density at radius 2 is 0.938 bits per heavy atom. The summed E-state index contributed by atoms with van der Waals surface area (Å²) in [5.41, 5.74) is 5.32. The van der Waals surface area contributed by atoms with Crippen molar-refractivity contribution in [1.29, 1.82) is 0 Å². The van der Waals surface area contributed by atoms with E-state index < -0.39 is 69.9 Å².